The fourth-order valence-electron chi connectivity index (χ4n) is 13.7. The largest absolute Gasteiger partial charge is 0.456 e. The number of nitrogens with zero attached hydrogens (tertiary/aromatic N) is 4. The Hall–Kier alpha value is -5.60. The molecule has 4 aliphatic carbocycles. The van der Waals surface area contributed by atoms with Gasteiger partial charge < -0.3 is 4.42 Å². The van der Waals surface area contributed by atoms with E-state index in [1.54, 1.807) is 0 Å². The summed E-state index contributed by atoms with van der Waals surface area (Å²) in [7, 11) is 0. The third-order valence-electron chi connectivity index (χ3n) is 15.5. The number of hydrogen-bond acceptors (Lipinski definition) is 5. The minimum absolute atomic E-state index is 0.258. The molecule has 61 heavy (non-hydrogen) atoms. The normalized spacial score (nSPS) is 28.4. The molecule has 4 saturated carbocycles. The van der Waals surface area contributed by atoms with Gasteiger partial charge >= 0.3 is 0 Å². The molecule has 11 rings (SSSR count). The Morgan fingerprint density at radius 2 is 0.918 bits per heavy atom. The molecule has 2 heterocycles. The van der Waals surface area contributed by atoms with Crippen LogP contribution in [-0.2, 0) is 10.8 Å². The summed E-state index contributed by atoms with van der Waals surface area (Å²) in [5.74, 6) is 6.69. The highest BCUT2D eigenvalue weighted by Gasteiger charge is 2.46. The summed E-state index contributed by atoms with van der Waals surface area (Å²) in [4.78, 5) is 15.6. The van der Waals surface area contributed by atoms with Crippen LogP contribution in [0.1, 0.15) is 109 Å². The van der Waals surface area contributed by atoms with Crippen LogP contribution in [0.3, 0.4) is 0 Å². The number of nitriles is 1. The van der Waals surface area contributed by atoms with Gasteiger partial charge in [-0.05, 0) is 169 Å². The topological polar surface area (TPSA) is 75.6 Å². The van der Waals surface area contributed by atoms with Crippen LogP contribution >= 0.6 is 0 Å². The molecule has 5 aromatic carbocycles. The summed E-state index contributed by atoms with van der Waals surface area (Å²) in [5, 5.41) is 11.5. The van der Waals surface area contributed by atoms with Crippen LogP contribution in [0.4, 0.5) is 0 Å². The number of hydrogen-bond donors (Lipinski definition) is 0. The molecule has 4 bridgehead atoms. The predicted molar refractivity (Wildman–Crippen MR) is 247 cm³/mol. The van der Waals surface area contributed by atoms with Gasteiger partial charge in [-0.15, -0.1) is 0 Å². The molecule has 5 nitrogen and oxygen atoms in total. The Labute approximate surface area is 360 Å². The van der Waals surface area contributed by atoms with Crippen LogP contribution in [0, 0.1) is 46.8 Å². The molecule has 0 radical (unpaired) electrons. The second-order valence-electron chi connectivity index (χ2n) is 20.6. The third-order valence-corrected chi connectivity index (χ3v) is 15.5. The van der Waals surface area contributed by atoms with Gasteiger partial charge in [-0.1, -0.05) is 100 Å². The molecule has 2 aromatic heterocycles. The molecule has 7 aromatic rings. The van der Waals surface area contributed by atoms with Gasteiger partial charge in [0.1, 0.15) is 11.2 Å². The molecule has 4 aliphatic rings. The maximum Gasteiger partial charge on any atom is 0.164 e. The maximum atomic E-state index is 9.52. The highest BCUT2D eigenvalue weighted by molar-refractivity contribution is 6.06. The van der Waals surface area contributed by atoms with Crippen molar-refractivity contribution >= 4 is 21.9 Å². The molecule has 0 amide bonds. The highest BCUT2D eigenvalue weighted by Crippen LogP contribution is 2.55. The average Bonchev–Trinajstić information content (AvgIpc) is 3.62. The first-order valence-corrected chi connectivity index (χ1v) is 23.1. The van der Waals surface area contributed by atoms with Crippen molar-refractivity contribution in [2.24, 2.45) is 35.5 Å². The summed E-state index contributed by atoms with van der Waals surface area (Å²) in [6.45, 7) is 9.85. The van der Waals surface area contributed by atoms with Crippen molar-refractivity contribution in [3.05, 3.63) is 126 Å². The average molecular weight is 801 g/mol. The minimum Gasteiger partial charge on any atom is -0.456 e. The lowest BCUT2D eigenvalue weighted by Gasteiger charge is -2.50. The summed E-state index contributed by atoms with van der Waals surface area (Å²) < 4.78 is 6.33. The molecule has 8 atom stereocenters. The molecule has 0 aliphatic heterocycles. The fourth-order valence-corrected chi connectivity index (χ4v) is 13.7. The second-order valence-corrected chi connectivity index (χ2v) is 20.6. The first kappa shape index (κ1) is 38.3. The molecule has 2 unspecified atom stereocenters. The van der Waals surface area contributed by atoms with Crippen LogP contribution in [0.25, 0.3) is 67.2 Å². The lowest BCUT2D eigenvalue weighted by Crippen LogP contribution is -2.42. The molecule has 0 spiro atoms. The number of fused-ring (bicyclic) bond motifs is 7. The Morgan fingerprint density at radius 3 is 1.46 bits per heavy atom. The van der Waals surface area contributed by atoms with E-state index in [4.69, 9.17) is 19.4 Å². The number of aromatic nitrogens is 3. The molecular formula is C56H56N4O. The van der Waals surface area contributed by atoms with E-state index in [2.05, 4.69) is 119 Å². The lowest BCUT2D eigenvalue weighted by molar-refractivity contribution is 0.0779. The maximum absolute atomic E-state index is 9.52. The van der Waals surface area contributed by atoms with Crippen molar-refractivity contribution in [3.8, 4) is 51.4 Å². The van der Waals surface area contributed by atoms with Crippen molar-refractivity contribution in [3.63, 3.8) is 0 Å². The zero-order chi connectivity index (χ0) is 41.5. The minimum atomic E-state index is 0.258. The number of rotatable bonds is 6. The van der Waals surface area contributed by atoms with Gasteiger partial charge in [-0.2, -0.15) is 5.26 Å². The molecular weight excluding hydrogens is 745 g/mol. The summed E-state index contributed by atoms with van der Waals surface area (Å²) in [6, 6.07) is 41.5. The van der Waals surface area contributed by atoms with Gasteiger partial charge in [0.05, 0.1) is 11.6 Å². The predicted octanol–water partition coefficient (Wildman–Crippen LogP) is 14.5. The van der Waals surface area contributed by atoms with E-state index in [9.17, 15) is 5.26 Å². The fraction of sp³-hybridized carbons (Fsp3) is 0.393. The highest BCUT2D eigenvalue weighted by atomic mass is 16.3. The first-order chi connectivity index (χ1) is 29.6. The van der Waals surface area contributed by atoms with Gasteiger partial charge in [0.15, 0.2) is 17.5 Å². The van der Waals surface area contributed by atoms with Crippen LogP contribution in [0.5, 0.6) is 0 Å². The standard InChI is InChI=1S/C56H56N4O/c1-34-20-39-21-35(2)28-55(27-34,31-39)46-14-9-41(10-15-46)43-6-5-7-44(25-43)53-58-52(42-11-16-47(17-12-42)56-29-36(3)22-40(32-56)23-37(4)30-56)59-54(60-53)45-13-19-49-48-18-8-38(33-57)24-50(48)61-51(49)26-45/h5-19,24-26,34-37,39-40H,20-23,27-32H2,1-4H3/t34-,35+,36-,37+,39?,40-,55-,56?. The van der Waals surface area contributed by atoms with Gasteiger partial charge in [-0.25, -0.2) is 15.0 Å². The third kappa shape index (κ3) is 6.97. The Bertz CT molecular complexity index is 2790. The van der Waals surface area contributed by atoms with Gasteiger partial charge in [0, 0.05) is 27.5 Å². The Balaban J connectivity index is 0.973. The first-order valence-electron chi connectivity index (χ1n) is 23.1. The quantitative estimate of drug-likeness (QED) is 0.167. The van der Waals surface area contributed by atoms with E-state index in [-0.39, 0.29) is 5.41 Å². The molecule has 306 valence electrons. The van der Waals surface area contributed by atoms with Crippen LogP contribution < -0.4 is 0 Å². The van der Waals surface area contributed by atoms with Crippen molar-refractivity contribution in [1.82, 2.24) is 15.0 Å². The van der Waals surface area contributed by atoms with E-state index in [0.717, 1.165) is 74.1 Å². The second kappa shape index (κ2) is 14.8. The van der Waals surface area contributed by atoms with E-state index >= 15 is 0 Å². The Morgan fingerprint density at radius 1 is 0.475 bits per heavy atom. The molecule has 4 fully saturated rings. The van der Waals surface area contributed by atoms with Gasteiger partial charge in [0.25, 0.3) is 0 Å². The number of furan rings is 1. The van der Waals surface area contributed by atoms with Gasteiger partial charge in [-0.3, -0.25) is 0 Å². The van der Waals surface area contributed by atoms with E-state index in [1.807, 2.05) is 24.3 Å². The summed E-state index contributed by atoms with van der Waals surface area (Å²) >= 11 is 0. The van der Waals surface area contributed by atoms with Crippen molar-refractivity contribution in [1.29, 1.82) is 5.26 Å². The van der Waals surface area contributed by atoms with Crippen LogP contribution in [0.2, 0.25) is 0 Å². The lowest BCUT2D eigenvalue weighted by atomic mass is 9.54. The van der Waals surface area contributed by atoms with E-state index < -0.39 is 0 Å². The summed E-state index contributed by atoms with van der Waals surface area (Å²) in [6.07, 6.45) is 13.3. The van der Waals surface area contributed by atoms with Crippen molar-refractivity contribution < 1.29 is 4.42 Å². The van der Waals surface area contributed by atoms with E-state index in [1.165, 1.54) is 80.9 Å². The van der Waals surface area contributed by atoms with Crippen molar-refractivity contribution in [2.45, 2.75) is 103 Å². The molecule has 0 saturated heterocycles. The van der Waals surface area contributed by atoms with Gasteiger partial charge in [0.2, 0.25) is 0 Å². The number of benzene rings is 5. The van der Waals surface area contributed by atoms with Crippen molar-refractivity contribution in [2.75, 3.05) is 0 Å². The molecule has 0 N–H and O–H groups in total. The SMILES string of the molecule is C[C@@H]1C[C@@H]2C[C@H](C)CC(c3ccc(-c4nc(-c5cccc(-c6ccc([C@]78CC(C[C@@H](C)C7)C[C@H](C)C8)cc6)c5)nc(-c5ccc6c(c5)oc5cc(C#N)ccc56)n4)cc3)(C1)C2. The zero-order valence-electron chi connectivity index (χ0n) is 36.1. The molecule has 5 heteroatoms. The summed E-state index contributed by atoms with van der Waals surface area (Å²) in [5.41, 5.74) is 10.7. The zero-order valence-corrected chi connectivity index (χ0v) is 36.1. The van der Waals surface area contributed by atoms with Crippen LogP contribution in [0.15, 0.2) is 114 Å². The van der Waals surface area contributed by atoms with Crippen LogP contribution in [-0.4, -0.2) is 15.0 Å². The monoisotopic (exact) mass is 800 g/mol. The van der Waals surface area contributed by atoms with E-state index in [0.29, 0.717) is 34.0 Å². The smallest absolute Gasteiger partial charge is 0.164 e. The Kier molecular flexibility index (Phi) is 9.30.